The lowest BCUT2D eigenvalue weighted by molar-refractivity contribution is 0.0940. The Kier molecular flexibility index (Phi) is 4.87. The molecule has 29 heavy (non-hydrogen) atoms. The number of aromatic amines is 1. The summed E-state index contributed by atoms with van der Waals surface area (Å²) in [6.45, 7) is 2.01. The first kappa shape index (κ1) is 18.5. The van der Waals surface area contributed by atoms with Crippen molar-refractivity contribution < 1.29 is 9.90 Å². The Labute approximate surface area is 166 Å². The lowest BCUT2D eigenvalue weighted by Crippen LogP contribution is -2.25. The van der Waals surface area contributed by atoms with E-state index < -0.39 is 11.5 Å². The maximum absolute atomic E-state index is 12.9. The third kappa shape index (κ3) is 3.62. The minimum Gasteiger partial charge on any atom is -0.507 e. The van der Waals surface area contributed by atoms with Gasteiger partial charge < -0.3 is 10.4 Å². The van der Waals surface area contributed by atoms with Gasteiger partial charge in [0.15, 0.2) is 5.65 Å². The van der Waals surface area contributed by atoms with Crippen molar-refractivity contribution in [2.45, 2.75) is 19.9 Å². The molecule has 0 aliphatic carbocycles. The summed E-state index contributed by atoms with van der Waals surface area (Å²) in [7, 11) is 0. The highest BCUT2D eigenvalue weighted by atomic mass is 16.3. The van der Waals surface area contributed by atoms with Gasteiger partial charge in [-0.05, 0) is 18.1 Å². The minimum absolute atomic E-state index is 0.0115. The Bertz CT molecular complexity index is 1230. The third-order valence-electron chi connectivity index (χ3n) is 4.82. The van der Waals surface area contributed by atoms with Gasteiger partial charge in [-0.1, -0.05) is 60.7 Å². The number of aryl methyl sites for hydroxylation is 1. The molecule has 0 saturated heterocycles. The van der Waals surface area contributed by atoms with Gasteiger partial charge in [-0.15, -0.1) is 0 Å². The summed E-state index contributed by atoms with van der Waals surface area (Å²) < 4.78 is 1.21. The van der Waals surface area contributed by atoms with Crippen LogP contribution in [0.4, 0.5) is 0 Å². The summed E-state index contributed by atoms with van der Waals surface area (Å²) in [4.78, 5) is 29.6. The first-order valence-electron chi connectivity index (χ1n) is 9.24. The number of nitrogens with one attached hydrogen (secondary N) is 2. The van der Waals surface area contributed by atoms with E-state index in [1.807, 2.05) is 60.7 Å². The number of carbonyl (C=O) groups excluding carboxylic acids is 1. The van der Waals surface area contributed by atoms with Crippen LogP contribution < -0.4 is 10.9 Å². The normalized spacial score (nSPS) is 10.9. The molecule has 4 rings (SSSR count). The Balaban J connectivity index is 1.66. The highest BCUT2D eigenvalue weighted by molar-refractivity contribution is 5.91. The van der Waals surface area contributed by atoms with Crippen LogP contribution in [0.5, 0.6) is 5.75 Å². The third-order valence-corrected chi connectivity index (χ3v) is 4.82. The van der Waals surface area contributed by atoms with Crippen molar-refractivity contribution in [1.29, 1.82) is 0 Å². The van der Waals surface area contributed by atoms with E-state index in [1.165, 1.54) is 4.52 Å². The molecular weight excluding hydrogens is 368 g/mol. The van der Waals surface area contributed by atoms with Crippen molar-refractivity contribution in [3.8, 4) is 5.75 Å². The van der Waals surface area contributed by atoms with Gasteiger partial charge in [0.25, 0.3) is 11.5 Å². The van der Waals surface area contributed by atoms with E-state index in [0.29, 0.717) is 12.1 Å². The fourth-order valence-electron chi connectivity index (χ4n) is 3.23. The van der Waals surface area contributed by atoms with E-state index >= 15 is 0 Å². The van der Waals surface area contributed by atoms with Crippen molar-refractivity contribution in [2.75, 3.05) is 0 Å². The molecule has 0 bridgehead atoms. The van der Waals surface area contributed by atoms with Crippen LogP contribution in [0.25, 0.3) is 5.65 Å². The fraction of sp³-hybridized carbons (Fsp3) is 0.136. The van der Waals surface area contributed by atoms with Gasteiger partial charge in [-0.3, -0.25) is 14.7 Å². The molecule has 0 spiro atoms. The van der Waals surface area contributed by atoms with E-state index in [2.05, 4.69) is 15.4 Å². The molecule has 2 heterocycles. The smallest absolute Gasteiger partial charge is 0.288 e. The van der Waals surface area contributed by atoms with Crippen LogP contribution in [0.15, 0.2) is 65.5 Å². The summed E-state index contributed by atoms with van der Waals surface area (Å²) in [5, 5.41) is 16.1. The van der Waals surface area contributed by atoms with Gasteiger partial charge in [-0.25, -0.2) is 4.98 Å². The van der Waals surface area contributed by atoms with Crippen LogP contribution in [0.1, 0.15) is 32.9 Å². The van der Waals surface area contributed by atoms with Crippen LogP contribution in [-0.2, 0) is 13.0 Å². The van der Waals surface area contributed by atoms with Gasteiger partial charge in [0.05, 0.1) is 5.56 Å². The van der Waals surface area contributed by atoms with E-state index in [-0.39, 0.29) is 29.2 Å². The van der Waals surface area contributed by atoms with Gasteiger partial charge >= 0.3 is 0 Å². The summed E-state index contributed by atoms with van der Waals surface area (Å²) in [5.41, 5.74) is 2.35. The SMILES string of the molecule is Cc1c(O)c(Cc2ccccc2)c(=O)n2[nH]c(C(=O)NCc3ccccc3)nc12. The number of rotatable bonds is 5. The lowest BCUT2D eigenvalue weighted by atomic mass is 10.0. The Morgan fingerprint density at radius 3 is 2.34 bits per heavy atom. The summed E-state index contributed by atoms with van der Waals surface area (Å²) in [6.07, 6.45) is 0.282. The number of hydrogen-bond donors (Lipinski definition) is 3. The van der Waals surface area contributed by atoms with Gasteiger partial charge in [-0.2, -0.15) is 4.52 Å². The van der Waals surface area contributed by atoms with Crippen molar-refractivity contribution in [3.63, 3.8) is 0 Å². The van der Waals surface area contributed by atoms with Crippen LogP contribution in [0.3, 0.4) is 0 Å². The van der Waals surface area contributed by atoms with Gasteiger partial charge in [0.1, 0.15) is 5.75 Å². The lowest BCUT2D eigenvalue weighted by Gasteiger charge is -2.08. The van der Waals surface area contributed by atoms with Gasteiger partial charge in [0, 0.05) is 18.5 Å². The molecule has 0 fully saturated rings. The van der Waals surface area contributed by atoms with Crippen molar-refractivity contribution in [3.05, 3.63) is 99.1 Å². The quantitative estimate of drug-likeness (QED) is 0.489. The zero-order chi connectivity index (χ0) is 20.4. The first-order valence-corrected chi connectivity index (χ1v) is 9.24. The number of nitrogens with zero attached hydrogens (tertiary/aromatic N) is 2. The number of hydrogen-bond acceptors (Lipinski definition) is 4. The molecule has 1 amide bonds. The van der Waals surface area contributed by atoms with E-state index in [0.717, 1.165) is 11.1 Å². The maximum Gasteiger partial charge on any atom is 0.288 e. The standard InChI is InChI=1S/C22H20N4O3/c1-14-18(27)17(12-15-8-4-2-5-9-15)22(29)26-20(14)24-19(25-26)21(28)23-13-16-10-6-3-7-11-16/h2-11,27H,12-13H2,1H3,(H,23,28)(H,24,25). The number of pyridine rings is 1. The average molecular weight is 388 g/mol. The van der Waals surface area contributed by atoms with Crippen molar-refractivity contribution >= 4 is 11.6 Å². The summed E-state index contributed by atoms with van der Waals surface area (Å²) >= 11 is 0. The van der Waals surface area contributed by atoms with E-state index in [9.17, 15) is 14.7 Å². The molecule has 0 atom stereocenters. The summed E-state index contributed by atoms with van der Waals surface area (Å²) in [6, 6.07) is 18.9. The largest absolute Gasteiger partial charge is 0.507 e. The predicted octanol–water partition coefficient (Wildman–Crippen LogP) is 2.56. The Hall–Kier alpha value is -3.87. The molecule has 2 aromatic carbocycles. The number of amides is 1. The zero-order valence-corrected chi connectivity index (χ0v) is 15.8. The van der Waals surface area contributed by atoms with Gasteiger partial charge in [0.2, 0.25) is 5.82 Å². The fourth-order valence-corrected chi connectivity index (χ4v) is 3.23. The topological polar surface area (TPSA) is 99.5 Å². The molecule has 2 aromatic heterocycles. The highest BCUT2D eigenvalue weighted by Crippen LogP contribution is 2.24. The molecule has 146 valence electrons. The Morgan fingerprint density at radius 1 is 1.07 bits per heavy atom. The number of fused-ring (bicyclic) bond motifs is 1. The van der Waals surface area contributed by atoms with Crippen LogP contribution in [0, 0.1) is 6.92 Å². The summed E-state index contributed by atoms with van der Waals surface area (Å²) in [5.74, 6) is -0.514. The molecule has 0 radical (unpaired) electrons. The predicted molar refractivity (Wildman–Crippen MR) is 109 cm³/mol. The maximum atomic E-state index is 12.9. The zero-order valence-electron chi connectivity index (χ0n) is 15.8. The molecule has 7 nitrogen and oxygen atoms in total. The molecule has 0 saturated carbocycles. The monoisotopic (exact) mass is 388 g/mol. The number of aromatic hydroxyl groups is 1. The van der Waals surface area contributed by atoms with Crippen molar-refractivity contribution in [1.82, 2.24) is 19.9 Å². The first-order chi connectivity index (χ1) is 14.0. The molecule has 0 aliphatic rings. The second-order valence-electron chi connectivity index (χ2n) is 6.82. The minimum atomic E-state index is -0.430. The second-order valence-corrected chi connectivity index (χ2v) is 6.82. The Morgan fingerprint density at radius 2 is 1.69 bits per heavy atom. The molecule has 0 aliphatic heterocycles. The molecule has 4 aromatic rings. The number of H-pyrrole nitrogens is 1. The number of aromatic nitrogens is 3. The van der Waals surface area contributed by atoms with Crippen LogP contribution in [0.2, 0.25) is 0 Å². The van der Waals surface area contributed by atoms with Crippen molar-refractivity contribution in [2.24, 2.45) is 0 Å². The van der Waals surface area contributed by atoms with Crippen LogP contribution >= 0.6 is 0 Å². The second kappa shape index (κ2) is 7.63. The van der Waals surface area contributed by atoms with E-state index in [4.69, 9.17) is 0 Å². The molecule has 3 N–H and O–H groups in total. The average Bonchev–Trinajstić information content (AvgIpc) is 3.21. The molecule has 0 unspecified atom stereocenters. The highest BCUT2D eigenvalue weighted by Gasteiger charge is 2.20. The van der Waals surface area contributed by atoms with Crippen LogP contribution in [-0.4, -0.2) is 25.6 Å². The number of carbonyl (C=O) groups is 1. The molecule has 7 heteroatoms. The number of benzene rings is 2. The molecular formula is C22H20N4O3. The van der Waals surface area contributed by atoms with E-state index in [1.54, 1.807) is 6.92 Å².